The van der Waals surface area contributed by atoms with Gasteiger partial charge in [0, 0.05) is 6.54 Å². The minimum atomic E-state index is -0.837. The highest BCUT2D eigenvalue weighted by Crippen LogP contribution is 2.28. The molecular weight excluding hydrogens is 238 g/mol. The fraction of sp³-hybridized carbons (Fsp3) is 0.562. The summed E-state index contributed by atoms with van der Waals surface area (Å²) < 4.78 is 0. The van der Waals surface area contributed by atoms with E-state index in [0.717, 1.165) is 32.0 Å². The van der Waals surface area contributed by atoms with Crippen LogP contribution in [0.3, 0.4) is 0 Å². The Labute approximate surface area is 115 Å². The molecule has 1 N–H and O–H groups in total. The number of hydrogen-bond acceptors (Lipinski definition) is 2. The Kier molecular flexibility index (Phi) is 4.59. The molecule has 1 saturated heterocycles. The van der Waals surface area contributed by atoms with Crippen LogP contribution in [0.2, 0.25) is 0 Å². The van der Waals surface area contributed by atoms with E-state index in [1.807, 2.05) is 12.1 Å². The molecule has 0 aromatic heterocycles. The number of benzene rings is 1. The Balaban J connectivity index is 1.96. The zero-order valence-electron chi connectivity index (χ0n) is 11.8. The molecule has 1 fully saturated rings. The summed E-state index contributed by atoms with van der Waals surface area (Å²) in [5, 5.41) is 9.04. The van der Waals surface area contributed by atoms with Crippen molar-refractivity contribution in [3.63, 3.8) is 0 Å². The van der Waals surface area contributed by atoms with E-state index in [9.17, 15) is 4.79 Å². The van der Waals surface area contributed by atoms with E-state index in [2.05, 4.69) is 24.8 Å². The molecule has 0 aliphatic carbocycles. The van der Waals surface area contributed by atoms with Gasteiger partial charge in [-0.2, -0.15) is 0 Å². The van der Waals surface area contributed by atoms with E-state index in [4.69, 9.17) is 5.11 Å². The van der Waals surface area contributed by atoms with Gasteiger partial charge in [-0.3, -0.25) is 0 Å². The van der Waals surface area contributed by atoms with Crippen LogP contribution < -0.4 is 0 Å². The predicted molar refractivity (Wildman–Crippen MR) is 76.7 cm³/mol. The summed E-state index contributed by atoms with van der Waals surface area (Å²) in [5.41, 5.74) is 1.57. The van der Waals surface area contributed by atoms with Crippen LogP contribution in [-0.2, 0) is 0 Å². The van der Waals surface area contributed by atoms with E-state index >= 15 is 0 Å². The topological polar surface area (TPSA) is 40.5 Å². The monoisotopic (exact) mass is 261 g/mol. The minimum absolute atomic E-state index is 0.401. The molecule has 104 valence electrons. The van der Waals surface area contributed by atoms with Crippen molar-refractivity contribution in [3.8, 4) is 0 Å². The first-order valence-electron chi connectivity index (χ1n) is 7.12. The number of nitrogens with zero attached hydrogens (tertiary/aromatic N) is 1. The third-order valence-electron chi connectivity index (χ3n) is 3.90. The van der Waals surface area contributed by atoms with Crippen molar-refractivity contribution in [1.29, 1.82) is 0 Å². The Bertz CT molecular complexity index is 442. The maximum atomic E-state index is 11.0. The van der Waals surface area contributed by atoms with Gasteiger partial charge in [-0.1, -0.05) is 26.0 Å². The normalized spacial score (nSPS) is 20.1. The molecule has 1 unspecified atom stereocenters. The number of aromatic carboxylic acids is 1. The van der Waals surface area contributed by atoms with Gasteiger partial charge in [0.05, 0.1) is 5.56 Å². The van der Waals surface area contributed by atoms with Crippen LogP contribution in [0.5, 0.6) is 0 Å². The maximum absolute atomic E-state index is 11.0. The van der Waals surface area contributed by atoms with Gasteiger partial charge < -0.3 is 10.0 Å². The molecule has 0 radical (unpaired) electrons. The summed E-state index contributed by atoms with van der Waals surface area (Å²) in [5.74, 6) is 0.400. The smallest absolute Gasteiger partial charge is 0.335 e. The molecule has 0 bridgehead atoms. The van der Waals surface area contributed by atoms with E-state index in [-0.39, 0.29) is 0 Å². The van der Waals surface area contributed by atoms with Crippen LogP contribution in [0, 0.1) is 5.92 Å². The molecular formula is C16H23NO2. The van der Waals surface area contributed by atoms with Gasteiger partial charge in [-0.15, -0.1) is 0 Å². The molecule has 1 atom stereocenters. The summed E-state index contributed by atoms with van der Waals surface area (Å²) in [4.78, 5) is 13.5. The highest BCUT2D eigenvalue weighted by Gasteiger charge is 2.24. The number of hydrogen-bond donors (Lipinski definition) is 1. The molecule has 0 saturated carbocycles. The standard InChI is InChI=1S/C16H23NO2/c1-12(2)6-8-17-9-7-15(11-17)13-4-3-5-14(10-13)16(18)19/h3-5,10,12,15H,6-9,11H2,1-2H3,(H,18,19). The van der Waals surface area contributed by atoms with Gasteiger partial charge in [0.25, 0.3) is 0 Å². The second-order valence-corrected chi connectivity index (χ2v) is 5.90. The second kappa shape index (κ2) is 6.20. The number of carbonyl (C=O) groups is 1. The number of rotatable bonds is 5. The van der Waals surface area contributed by atoms with E-state index < -0.39 is 5.97 Å². The molecule has 19 heavy (non-hydrogen) atoms. The predicted octanol–water partition coefficient (Wildman–Crippen LogP) is 3.22. The molecule has 1 heterocycles. The van der Waals surface area contributed by atoms with Gasteiger partial charge in [0.2, 0.25) is 0 Å². The summed E-state index contributed by atoms with van der Waals surface area (Å²) in [6.07, 6.45) is 2.38. The van der Waals surface area contributed by atoms with Gasteiger partial charge in [-0.05, 0) is 55.5 Å². The van der Waals surface area contributed by atoms with Crippen molar-refractivity contribution >= 4 is 5.97 Å². The fourth-order valence-corrected chi connectivity index (χ4v) is 2.67. The van der Waals surface area contributed by atoms with Crippen molar-refractivity contribution in [2.24, 2.45) is 5.92 Å². The molecule has 3 heteroatoms. The van der Waals surface area contributed by atoms with Crippen molar-refractivity contribution in [3.05, 3.63) is 35.4 Å². The molecule has 0 spiro atoms. The molecule has 1 aliphatic rings. The quantitative estimate of drug-likeness (QED) is 0.884. The first kappa shape index (κ1) is 14.1. The Morgan fingerprint density at radius 1 is 1.47 bits per heavy atom. The van der Waals surface area contributed by atoms with E-state index in [0.29, 0.717) is 11.5 Å². The van der Waals surface area contributed by atoms with Gasteiger partial charge in [0.1, 0.15) is 0 Å². The SMILES string of the molecule is CC(C)CCN1CCC(c2cccc(C(=O)O)c2)C1. The summed E-state index contributed by atoms with van der Waals surface area (Å²) in [7, 11) is 0. The highest BCUT2D eigenvalue weighted by molar-refractivity contribution is 5.87. The van der Waals surface area contributed by atoms with E-state index in [1.165, 1.54) is 12.0 Å². The molecule has 1 aromatic carbocycles. The highest BCUT2D eigenvalue weighted by atomic mass is 16.4. The minimum Gasteiger partial charge on any atom is -0.478 e. The lowest BCUT2D eigenvalue weighted by molar-refractivity contribution is 0.0696. The third-order valence-corrected chi connectivity index (χ3v) is 3.90. The average molecular weight is 261 g/mol. The largest absolute Gasteiger partial charge is 0.478 e. The zero-order valence-corrected chi connectivity index (χ0v) is 11.8. The first-order chi connectivity index (χ1) is 9.06. The molecule has 0 amide bonds. The third kappa shape index (κ3) is 3.80. The Morgan fingerprint density at radius 2 is 2.26 bits per heavy atom. The zero-order chi connectivity index (χ0) is 13.8. The lowest BCUT2D eigenvalue weighted by atomic mass is 9.97. The van der Waals surface area contributed by atoms with Crippen molar-refractivity contribution in [2.45, 2.75) is 32.6 Å². The Hall–Kier alpha value is -1.35. The van der Waals surface area contributed by atoms with Crippen molar-refractivity contribution in [2.75, 3.05) is 19.6 Å². The van der Waals surface area contributed by atoms with Gasteiger partial charge in [0.15, 0.2) is 0 Å². The lowest BCUT2D eigenvalue weighted by Gasteiger charge is -2.17. The lowest BCUT2D eigenvalue weighted by Crippen LogP contribution is -2.22. The van der Waals surface area contributed by atoms with Crippen molar-refractivity contribution < 1.29 is 9.90 Å². The molecule has 2 rings (SSSR count). The molecule has 1 aliphatic heterocycles. The van der Waals surface area contributed by atoms with Crippen LogP contribution in [0.4, 0.5) is 0 Å². The van der Waals surface area contributed by atoms with Crippen LogP contribution in [-0.4, -0.2) is 35.6 Å². The van der Waals surface area contributed by atoms with Gasteiger partial charge >= 0.3 is 5.97 Å². The first-order valence-corrected chi connectivity index (χ1v) is 7.12. The maximum Gasteiger partial charge on any atom is 0.335 e. The van der Waals surface area contributed by atoms with Crippen LogP contribution in [0.25, 0.3) is 0 Å². The van der Waals surface area contributed by atoms with Crippen LogP contribution in [0.1, 0.15) is 48.5 Å². The summed E-state index contributed by atoms with van der Waals surface area (Å²) >= 11 is 0. The molecule has 3 nitrogen and oxygen atoms in total. The number of carboxylic acids is 1. The van der Waals surface area contributed by atoms with Crippen molar-refractivity contribution in [1.82, 2.24) is 4.90 Å². The summed E-state index contributed by atoms with van der Waals surface area (Å²) in [6.45, 7) is 7.87. The van der Waals surface area contributed by atoms with E-state index in [1.54, 1.807) is 6.07 Å². The molecule has 1 aromatic rings. The van der Waals surface area contributed by atoms with Gasteiger partial charge in [-0.25, -0.2) is 4.79 Å². The number of likely N-dealkylation sites (tertiary alicyclic amines) is 1. The van der Waals surface area contributed by atoms with Crippen LogP contribution >= 0.6 is 0 Å². The number of carboxylic acid groups (broad SMARTS) is 1. The second-order valence-electron chi connectivity index (χ2n) is 5.90. The fourth-order valence-electron chi connectivity index (χ4n) is 2.67. The average Bonchev–Trinajstić information content (AvgIpc) is 2.85. The Morgan fingerprint density at radius 3 is 2.95 bits per heavy atom. The summed E-state index contributed by atoms with van der Waals surface area (Å²) in [6, 6.07) is 7.41. The van der Waals surface area contributed by atoms with Crippen LogP contribution in [0.15, 0.2) is 24.3 Å².